The number of nitrogens with one attached hydrogen (secondary N) is 3. The Morgan fingerprint density at radius 1 is 1.14 bits per heavy atom. The van der Waals surface area contributed by atoms with Gasteiger partial charge in [0, 0.05) is 29.2 Å². The lowest BCUT2D eigenvalue weighted by atomic mass is 10.1. The van der Waals surface area contributed by atoms with Crippen molar-refractivity contribution in [1.29, 1.82) is 0 Å². The number of fused-ring (bicyclic) bond motifs is 2. The van der Waals surface area contributed by atoms with Crippen molar-refractivity contribution >= 4 is 32.7 Å². The van der Waals surface area contributed by atoms with Crippen molar-refractivity contribution in [2.24, 2.45) is 4.99 Å². The zero-order valence-corrected chi connectivity index (χ0v) is 16.1. The Morgan fingerprint density at radius 3 is 2.75 bits per heavy atom. The van der Waals surface area contributed by atoms with E-state index in [-0.39, 0.29) is 16.6 Å². The molecule has 2 heterocycles. The van der Waals surface area contributed by atoms with E-state index in [4.69, 9.17) is 0 Å². The summed E-state index contributed by atoms with van der Waals surface area (Å²) in [6.45, 7) is 2.11. The molecule has 7 nitrogen and oxygen atoms in total. The number of amidine groups is 1. The highest BCUT2D eigenvalue weighted by molar-refractivity contribution is 7.90. The molecule has 4 rings (SSSR count). The predicted octanol–water partition coefficient (Wildman–Crippen LogP) is 1.95. The van der Waals surface area contributed by atoms with Crippen molar-refractivity contribution in [3.63, 3.8) is 0 Å². The molecule has 0 aliphatic carbocycles. The molecule has 1 aliphatic heterocycles. The van der Waals surface area contributed by atoms with Gasteiger partial charge in [-0.3, -0.25) is 14.5 Å². The fourth-order valence-electron chi connectivity index (χ4n) is 3.29. The predicted molar refractivity (Wildman–Crippen MR) is 108 cm³/mol. The number of H-pyrrole nitrogens is 1. The number of aromatic nitrogens is 1. The van der Waals surface area contributed by atoms with Gasteiger partial charge in [-0.1, -0.05) is 30.3 Å². The van der Waals surface area contributed by atoms with E-state index in [0.29, 0.717) is 18.5 Å². The van der Waals surface area contributed by atoms with Gasteiger partial charge in [-0.2, -0.15) is 0 Å². The van der Waals surface area contributed by atoms with Gasteiger partial charge >= 0.3 is 0 Å². The normalized spacial score (nSPS) is 17.2. The molecule has 0 fully saturated rings. The summed E-state index contributed by atoms with van der Waals surface area (Å²) >= 11 is 0. The van der Waals surface area contributed by atoms with Gasteiger partial charge in [-0.25, -0.2) is 8.42 Å². The highest BCUT2D eigenvalue weighted by atomic mass is 32.2. The second-order valence-corrected chi connectivity index (χ2v) is 8.31. The van der Waals surface area contributed by atoms with Crippen molar-refractivity contribution < 1.29 is 13.2 Å². The van der Waals surface area contributed by atoms with Crippen LogP contribution in [0.5, 0.6) is 0 Å². The van der Waals surface area contributed by atoms with Crippen molar-refractivity contribution in [1.82, 2.24) is 15.0 Å². The second kappa shape index (κ2) is 7.12. The molecular formula is C20H20N4O3S. The third-order valence-electron chi connectivity index (χ3n) is 4.73. The molecule has 1 aliphatic rings. The van der Waals surface area contributed by atoms with Crippen LogP contribution in [0.2, 0.25) is 0 Å². The number of aromatic amines is 1. The van der Waals surface area contributed by atoms with Gasteiger partial charge in [0.05, 0.1) is 4.90 Å². The number of benzene rings is 2. The molecule has 1 unspecified atom stereocenters. The van der Waals surface area contributed by atoms with E-state index >= 15 is 0 Å². The van der Waals surface area contributed by atoms with E-state index in [1.165, 1.54) is 6.07 Å². The van der Waals surface area contributed by atoms with Crippen molar-refractivity contribution in [2.45, 2.75) is 24.3 Å². The summed E-state index contributed by atoms with van der Waals surface area (Å²) in [6.07, 6.45) is 2.64. The van der Waals surface area contributed by atoms with Gasteiger partial charge in [0.2, 0.25) is 5.91 Å². The van der Waals surface area contributed by atoms with Crippen molar-refractivity contribution in [3.05, 3.63) is 65.9 Å². The Balaban J connectivity index is 1.41. The smallest absolute Gasteiger partial charge is 0.263 e. The number of carbonyl (C=O) groups excluding carboxylic acids is 1. The van der Waals surface area contributed by atoms with Crippen LogP contribution in [0.1, 0.15) is 18.1 Å². The lowest BCUT2D eigenvalue weighted by molar-refractivity contribution is -0.121. The molecule has 0 saturated carbocycles. The first kappa shape index (κ1) is 18.2. The van der Waals surface area contributed by atoms with Crippen LogP contribution in [-0.4, -0.2) is 37.7 Å². The summed E-state index contributed by atoms with van der Waals surface area (Å²) in [4.78, 5) is 20.1. The third kappa shape index (κ3) is 3.38. The van der Waals surface area contributed by atoms with Gasteiger partial charge in [-0.15, -0.1) is 0 Å². The molecule has 144 valence electrons. The third-order valence-corrected chi connectivity index (χ3v) is 6.13. The molecule has 0 spiro atoms. The number of sulfonamides is 1. The number of rotatable bonds is 5. The van der Waals surface area contributed by atoms with Gasteiger partial charge in [0.15, 0.2) is 0 Å². The van der Waals surface area contributed by atoms with E-state index in [0.717, 1.165) is 16.5 Å². The molecule has 8 heteroatoms. The quantitative estimate of drug-likeness (QED) is 0.614. The molecular weight excluding hydrogens is 376 g/mol. The zero-order valence-electron chi connectivity index (χ0n) is 15.3. The molecule has 1 aromatic heterocycles. The summed E-state index contributed by atoms with van der Waals surface area (Å²) in [5.41, 5.74) is 2.68. The van der Waals surface area contributed by atoms with Crippen LogP contribution in [0.4, 0.5) is 0 Å². The average molecular weight is 396 g/mol. The van der Waals surface area contributed by atoms with Crippen LogP contribution in [0.3, 0.4) is 0 Å². The average Bonchev–Trinajstić information content (AvgIpc) is 3.21. The Kier molecular flexibility index (Phi) is 4.64. The highest BCUT2D eigenvalue weighted by Crippen LogP contribution is 2.22. The molecule has 1 amide bonds. The van der Waals surface area contributed by atoms with Crippen LogP contribution < -0.4 is 10.0 Å². The fourth-order valence-corrected chi connectivity index (χ4v) is 4.53. The largest absolute Gasteiger partial charge is 0.361 e. The Bertz CT molecular complexity index is 1180. The first-order chi connectivity index (χ1) is 13.5. The van der Waals surface area contributed by atoms with E-state index in [9.17, 15) is 13.2 Å². The topological polar surface area (TPSA) is 103 Å². The molecule has 0 bridgehead atoms. The Labute approximate surface area is 162 Å². The van der Waals surface area contributed by atoms with Crippen LogP contribution in [0, 0.1) is 0 Å². The molecule has 0 saturated heterocycles. The highest BCUT2D eigenvalue weighted by Gasteiger charge is 2.31. The van der Waals surface area contributed by atoms with Gasteiger partial charge in [0.1, 0.15) is 11.9 Å². The minimum atomic E-state index is -3.61. The number of hydrogen-bond acceptors (Lipinski definition) is 4. The maximum Gasteiger partial charge on any atom is 0.263 e. The standard InChI is InChI=1S/C20H20N4O3S/c1-13(23-19-16-7-3-5-9-18(16)28(26,27)24-19)20(25)21-11-10-14-12-22-17-8-4-2-6-15(14)17/h2-9,12-13,22H,10-11H2,1H3,(H,21,25)(H,23,24). The van der Waals surface area contributed by atoms with E-state index in [1.54, 1.807) is 25.1 Å². The minimum Gasteiger partial charge on any atom is -0.361 e. The Morgan fingerprint density at radius 2 is 1.89 bits per heavy atom. The first-order valence-corrected chi connectivity index (χ1v) is 10.5. The van der Waals surface area contributed by atoms with E-state index < -0.39 is 16.1 Å². The van der Waals surface area contributed by atoms with Crippen molar-refractivity contribution in [2.75, 3.05) is 6.54 Å². The number of hydrogen-bond donors (Lipinski definition) is 3. The van der Waals surface area contributed by atoms with Crippen LogP contribution in [-0.2, 0) is 21.2 Å². The zero-order chi connectivity index (χ0) is 19.7. The molecule has 1 atom stereocenters. The van der Waals surface area contributed by atoms with Gasteiger partial charge < -0.3 is 10.3 Å². The molecule has 3 N–H and O–H groups in total. The number of aliphatic imine (C=N–C) groups is 1. The number of nitrogens with zero attached hydrogens (tertiary/aromatic N) is 1. The summed E-state index contributed by atoms with van der Waals surface area (Å²) in [5.74, 6) is -0.0502. The summed E-state index contributed by atoms with van der Waals surface area (Å²) in [5, 5.41) is 4.01. The van der Waals surface area contributed by atoms with Gasteiger partial charge in [0.25, 0.3) is 10.0 Å². The van der Waals surface area contributed by atoms with E-state index in [1.807, 2.05) is 30.5 Å². The van der Waals surface area contributed by atoms with Crippen LogP contribution >= 0.6 is 0 Å². The lowest BCUT2D eigenvalue weighted by Crippen LogP contribution is -2.35. The summed E-state index contributed by atoms with van der Waals surface area (Å²) in [6, 6.07) is 13.9. The molecule has 28 heavy (non-hydrogen) atoms. The maximum atomic E-state index is 12.4. The van der Waals surface area contributed by atoms with Gasteiger partial charge in [-0.05, 0) is 37.1 Å². The summed E-state index contributed by atoms with van der Waals surface area (Å²) in [7, 11) is -3.61. The molecule has 0 radical (unpaired) electrons. The van der Waals surface area contributed by atoms with Crippen molar-refractivity contribution in [3.8, 4) is 0 Å². The monoisotopic (exact) mass is 396 g/mol. The van der Waals surface area contributed by atoms with Crippen LogP contribution in [0.15, 0.2) is 64.6 Å². The minimum absolute atomic E-state index is 0.181. The number of amides is 1. The Hall–Kier alpha value is -3.13. The SMILES string of the molecule is CC(N=C1NS(=O)(=O)c2ccccc21)C(=O)NCCc1c[nH]c2ccccc12. The fraction of sp³-hybridized carbons (Fsp3) is 0.200. The maximum absolute atomic E-state index is 12.4. The molecule has 3 aromatic rings. The number of para-hydroxylation sites is 1. The second-order valence-electron chi connectivity index (χ2n) is 6.66. The lowest BCUT2D eigenvalue weighted by Gasteiger charge is -2.09. The first-order valence-electron chi connectivity index (χ1n) is 8.98. The summed E-state index contributed by atoms with van der Waals surface area (Å²) < 4.78 is 26.7. The van der Waals surface area contributed by atoms with E-state index in [2.05, 4.69) is 20.0 Å². The number of carbonyl (C=O) groups is 1. The molecule has 2 aromatic carbocycles. The van der Waals surface area contributed by atoms with Crippen LogP contribution in [0.25, 0.3) is 10.9 Å².